The minimum absolute atomic E-state index is 0.0473. The van der Waals surface area contributed by atoms with Crippen molar-refractivity contribution in [2.45, 2.75) is 26.3 Å². The van der Waals surface area contributed by atoms with E-state index in [2.05, 4.69) is 0 Å². The highest BCUT2D eigenvalue weighted by Gasteiger charge is 2.27. The Kier molecular flexibility index (Phi) is 5.36. The molecule has 1 aromatic rings. The van der Waals surface area contributed by atoms with Crippen LogP contribution in [0.5, 0.6) is 0 Å². The third kappa shape index (κ3) is 4.31. The number of carboxylic acid groups (broad SMARTS) is 1. The van der Waals surface area contributed by atoms with Crippen molar-refractivity contribution in [1.82, 2.24) is 9.80 Å². The number of hydrogen-bond acceptors (Lipinski definition) is 3. The zero-order valence-corrected chi connectivity index (χ0v) is 13.5. The molecule has 6 heteroatoms. The summed E-state index contributed by atoms with van der Waals surface area (Å²) in [6.45, 7) is 3.26. The Labute approximate surface area is 135 Å². The molecule has 1 saturated heterocycles. The molecule has 1 N–H and O–H groups in total. The van der Waals surface area contributed by atoms with E-state index in [1.807, 2.05) is 0 Å². The summed E-state index contributed by atoms with van der Waals surface area (Å²) < 4.78 is 0. The predicted molar refractivity (Wildman–Crippen MR) is 84.9 cm³/mol. The van der Waals surface area contributed by atoms with Gasteiger partial charge in [-0.05, 0) is 30.5 Å². The zero-order valence-electron chi connectivity index (χ0n) is 13.5. The van der Waals surface area contributed by atoms with Gasteiger partial charge in [-0.3, -0.25) is 9.59 Å². The van der Waals surface area contributed by atoms with E-state index in [1.54, 1.807) is 48.0 Å². The Balaban J connectivity index is 1.90. The van der Waals surface area contributed by atoms with Gasteiger partial charge in [-0.2, -0.15) is 0 Å². The van der Waals surface area contributed by atoms with Crippen LogP contribution in [-0.2, 0) is 16.1 Å². The lowest BCUT2D eigenvalue weighted by Crippen LogP contribution is -2.42. The van der Waals surface area contributed by atoms with Crippen LogP contribution in [0.3, 0.4) is 0 Å². The number of carbonyl (C=O) groups is 3. The Morgan fingerprint density at radius 3 is 2.22 bits per heavy atom. The quantitative estimate of drug-likeness (QED) is 0.915. The smallest absolute Gasteiger partial charge is 0.335 e. The van der Waals surface area contributed by atoms with Crippen molar-refractivity contribution in [3.05, 3.63) is 35.4 Å². The minimum Gasteiger partial charge on any atom is -0.478 e. The summed E-state index contributed by atoms with van der Waals surface area (Å²) in [6, 6.07) is 6.54. The van der Waals surface area contributed by atoms with Crippen molar-refractivity contribution in [1.29, 1.82) is 0 Å². The lowest BCUT2D eigenvalue weighted by molar-refractivity contribution is -0.139. The van der Waals surface area contributed by atoms with Crippen molar-refractivity contribution in [2.75, 3.05) is 20.1 Å². The second-order valence-corrected chi connectivity index (χ2v) is 5.98. The Hall–Kier alpha value is -2.37. The molecule has 0 unspecified atom stereocenters. The van der Waals surface area contributed by atoms with Crippen LogP contribution in [0.4, 0.5) is 0 Å². The highest BCUT2D eigenvalue weighted by Crippen LogP contribution is 2.20. The van der Waals surface area contributed by atoms with Crippen LogP contribution in [0.2, 0.25) is 0 Å². The lowest BCUT2D eigenvalue weighted by atomic mass is 9.95. The SMILES string of the molecule is CC(=O)N1CCC(C(=O)N(C)Cc2ccc(C(=O)O)cc2)CC1. The van der Waals surface area contributed by atoms with Crippen LogP contribution >= 0.6 is 0 Å². The topological polar surface area (TPSA) is 77.9 Å². The van der Waals surface area contributed by atoms with Crippen LogP contribution in [-0.4, -0.2) is 52.8 Å². The second-order valence-electron chi connectivity index (χ2n) is 5.98. The van der Waals surface area contributed by atoms with E-state index in [9.17, 15) is 14.4 Å². The summed E-state index contributed by atoms with van der Waals surface area (Å²) in [7, 11) is 1.75. The molecule has 2 amide bonds. The van der Waals surface area contributed by atoms with Gasteiger partial charge in [0.05, 0.1) is 5.56 Å². The molecule has 23 heavy (non-hydrogen) atoms. The number of benzene rings is 1. The first-order valence-corrected chi connectivity index (χ1v) is 7.71. The number of hydrogen-bond donors (Lipinski definition) is 1. The normalized spacial score (nSPS) is 15.3. The predicted octanol–water partition coefficient (Wildman–Crippen LogP) is 1.60. The first-order valence-electron chi connectivity index (χ1n) is 7.71. The van der Waals surface area contributed by atoms with Crippen LogP contribution in [0, 0.1) is 5.92 Å². The van der Waals surface area contributed by atoms with E-state index >= 15 is 0 Å². The molecule has 0 bridgehead atoms. The molecule has 0 saturated carbocycles. The Bertz CT molecular complexity index is 589. The highest BCUT2D eigenvalue weighted by molar-refractivity contribution is 5.87. The van der Waals surface area contributed by atoms with Crippen LogP contribution < -0.4 is 0 Å². The second kappa shape index (κ2) is 7.26. The largest absolute Gasteiger partial charge is 0.478 e. The Morgan fingerprint density at radius 2 is 1.74 bits per heavy atom. The molecule has 0 radical (unpaired) electrons. The van der Waals surface area contributed by atoms with Crippen LogP contribution in [0.25, 0.3) is 0 Å². The first-order chi connectivity index (χ1) is 10.9. The third-order valence-corrected chi connectivity index (χ3v) is 4.29. The molecule has 1 fully saturated rings. The standard InChI is InChI=1S/C17H22N2O4/c1-12(20)19-9-7-14(8-10-19)16(21)18(2)11-13-3-5-15(6-4-13)17(22)23/h3-6,14H,7-11H2,1-2H3,(H,22,23). The molecule has 124 valence electrons. The van der Waals surface area contributed by atoms with Crippen molar-refractivity contribution in [3.8, 4) is 0 Å². The summed E-state index contributed by atoms with van der Waals surface area (Å²) in [4.78, 5) is 38.1. The van der Waals surface area contributed by atoms with E-state index in [4.69, 9.17) is 5.11 Å². The zero-order chi connectivity index (χ0) is 17.0. The van der Waals surface area contributed by atoms with Crippen molar-refractivity contribution >= 4 is 17.8 Å². The number of carbonyl (C=O) groups excluding carboxylic acids is 2. The molecule has 1 aliphatic rings. The monoisotopic (exact) mass is 318 g/mol. The first kappa shape index (κ1) is 17.0. The van der Waals surface area contributed by atoms with Gasteiger partial charge in [0.2, 0.25) is 11.8 Å². The number of nitrogens with zero attached hydrogens (tertiary/aromatic N) is 2. The number of aromatic carboxylic acids is 1. The van der Waals surface area contributed by atoms with Gasteiger partial charge in [0.15, 0.2) is 0 Å². The van der Waals surface area contributed by atoms with E-state index in [0.29, 0.717) is 32.5 Å². The highest BCUT2D eigenvalue weighted by atomic mass is 16.4. The van der Waals surface area contributed by atoms with Gasteiger partial charge in [-0.25, -0.2) is 4.79 Å². The molecular weight excluding hydrogens is 296 g/mol. The van der Waals surface area contributed by atoms with Gasteiger partial charge in [0, 0.05) is 39.5 Å². The van der Waals surface area contributed by atoms with Gasteiger partial charge in [0.25, 0.3) is 0 Å². The van der Waals surface area contributed by atoms with E-state index < -0.39 is 5.97 Å². The molecule has 1 aromatic carbocycles. The third-order valence-electron chi connectivity index (χ3n) is 4.29. The Morgan fingerprint density at radius 1 is 1.17 bits per heavy atom. The number of carboxylic acids is 1. The van der Waals surface area contributed by atoms with Gasteiger partial charge in [-0.1, -0.05) is 12.1 Å². The fraction of sp³-hybridized carbons (Fsp3) is 0.471. The lowest BCUT2D eigenvalue weighted by Gasteiger charge is -2.32. The van der Waals surface area contributed by atoms with Gasteiger partial charge in [0.1, 0.15) is 0 Å². The molecule has 2 rings (SSSR count). The van der Waals surface area contributed by atoms with Gasteiger partial charge >= 0.3 is 5.97 Å². The van der Waals surface area contributed by atoms with Crippen LogP contribution in [0.1, 0.15) is 35.7 Å². The maximum Gasteiger partial charge on any atom is 0.335 e. The summed E-state index contributed by atoms with van der Waals surface area (Å²) in [5.41, 5.74) is 1.13. The number of likely N-dealkylation sites (tertiary alicyclic amines) is 1. The molecule has 0 aromatic heterocycles. The average molecular weight is 318 g/mol. The van der Waals surface area contributed by atoms with Crippen molar-refractivity contribution in [2.24, 2.45) is 5.92 Å². The van der Waals surface area contributed by atoms with E-state index in [-0.39, 0.29) is 23.3 Å². The summed E-state index contributed by atoms with van der Waals surface area (Å²) in [5.74, 6) is -0.870. The summed E-state index contributed by atoms with van der Waals surface area (Å²) in [5, 5.41) is 8.88. The molecule has 6 nitrogen and oxygen atoms in total. The van der Waals surface area contributed by atoms with Crippen LogP contribution in [0.15, 0.2) is 24.3 Å². The molecule has 1 heterocycles. The number of amides is 2. The molecular formula is C17H22N2O4. The van der Waals surface area contributed by atoms with E-state index in [0.717, 1.165) is 5.56 Å². The summed E-state index contributed by atoms with van der Waals surface area (Å²) >= 11 is 0. The van der Waals surface area contributed by atoms with E-state index in [1.165, 1.54) is 0 Å². The maximum atomic E-state index is 12.5. The molecule has 1 aliphatic heterocycles. The van der Waals surface area contributed by atoms with Gasteiger partial charge < -0.3 is 14.9 Å². The van der Waals surface area contributed by atoms with Crippen molar-refractivity contribution in [3.63, 3.8) is 0 Å². The number of rotatable bonds is 4. The fourth-order valence-corrected chi connectivity index (χ4v) is 2.86. The average Bonchev–Trinajstić information content (AvgIpc) is 2.54. The van der Waals surface area contributed by atoms with Crippen molar-refractivity contribution < 1.29 is 19.5 Å². The minimum atomic E-state index is -0.960. The number of piperidine rings is 1. The molecule has 0 spiro atoms. The fourth-order valence-electron chi connectivity index (χ4n) is 2.86. The molecule has 0 atom stereocenters. The molecule has 0 aliphatic carbocycles. The van der Waals surface area contributed by atoms with Gasteiger partial charge in [-0.15, -0.1) is 0 Å². The maximum absolute atomic E-state index is 12.5. The summed E-state index contributed by atoms with van der Waals surface area (Å²) in [6.07, 6.45) is 1.39.